The van der Waals surface area contributed by atoms with Crippen molar-refractivity contribution in [2.45, 2.75) is 0 Å². The first-order valence-corrected chi connectivity index (χ1v) is 6.43. The number of aromatic nitrogens is 5. The summed E-state index contributed by atoms with van der Waals surface area (Å²) in [6.07, 6.45) is 3.13. The van der Waals surface area contributed by atoms with Crippen LogP contribution < -0.4 is 5.73 Å². The summed E-state index contributed by atoms with van der Waals surface area (Å²) in [5.74, 6) is 0.730. The van der Waals surface area contributed by atoms with Crippen molar-refractivity contribution in [1.29, 1.82) is 0 Å². The number of hydrogen-bond donors (Lipinski definition) is 2. The number of phenols is 1. The Morgan fingerprint density at radius 3 is 2.86 bits per heavy atom. The second-order valence-electron chi connectivity index (χ2n) is 4.66. The summed E-state index contributed by atoms with van der Waals surface area (Å²) >= 11 is 0. The van der Waals surface area contributed by atoms with Gasteiger partial charge in [-0.2, -0.15) is 9.67 Å². The van der Waals surface area contributed by atoms with Crippen molar-refractivity contribution in [1.82, 2.24) is 25.0 Å². The van der Waals surface area contributed by atoms with Crippen molar-refractivity contribution < 1.29 is 9.52 Å². The van der Waals surface area contributed by atoms with Crippen LogP contribution >= 0.6 is 0 Å². The summed E-state index contributed by atoms with van der Waals surface area (Å²) in [5.41, 5.74) is 8.46. The molecule has 0 aliphatic carbocycles. The number of nitrogens with two attached hydrogens (primary N) is 1. The molecule has 3 heterocycles. The predicted molar refractivity (Wildman–Crippen MR) is 78.2 cm³/mol. The summed E-state index contributed by atoms with van der Waals surface area (Å²) in [5, 5.41) is 17.6. The molecule has 0 bridgehead atoms. The van der Waals surface area contributed by atoms with Gasteiger partial charge < -0.3 is 15.3 Å². The van der Waals surface area contributed by atoms with Crippen LogP contribution in [-0.2, 0) is 0 Å². The average Bonchev–Trinajstić information content (AvgIpc) is 3.15. The molecule has 0 fully saturated rings. The van der Waals surface area contributed by atoms with Crippen molar-refractivity contribution in [2.24, 2.45) is 0 Å². The smallest absolute Gasteiger partial charge is 0.222 e. The van der Waals surface area contributed by atoms with E-state index in [2.05, 4.69) is 20.3 Å². The Kier molecular flexibility index (Phi) is 2.55. The number of rotatable bonds is 2. The highest BCUT2D eigenvalue weighted by Crippen LogP contribution is 2.23. The maximum Gasteiger partial charge on any atom is 0.222 e. The first kappa shape index (κ1) is 12.3. The number of hydrogen-bond acceptors (Lipinski definition) is 7. The predicted octanol–water partition coefficient (Wildman–Crippen LogP) is 1.76. The zero-order valence-corrected chi connectivity index (χ0v) is 11.2. The molecular weight excluding hydrogens is 284 g/mol. The van der Waals surface area contributed by atoms with Gasteiger partial charge >= 0.3 is 0 Å². The molecule has 4 rings (SSSR count). The van der Waals surface area contributed by atoms with E-state index in [0.717, 1.165) is 5.56 Å². The molecule has 0 saturated heterocycles. The molecule has 4 aromatic rings. The van der Waals surface area contributed by atoms with E-state index in [0.29, 0.717) is 22.5 Å². The summed E-state index contributed by atoms with van der Waals surface area (Å²) < 4.78 is 6.60. The first-order chi connectivity index (χ1) is 10.7. The highest BCUT2D eigenvalue weighted by molar-refractivity contribution is 5.77. The standard InChI is InChI=1S/C14H10N6O2/c15-14-16-10(8-3-4-22-7-8)6-13(17-14)20-12-2-1-9(21)5-11(12)18-19-20/h1-7,21H,(H2,15,16,17). The van der Waals surface area contributed by atoms with Gasteiger partial charge in [-0.3, -0.25) is 0 Å². The minimum absolute atomic E-state index is 0.121. The summed E-state index contributed by atoms with van der Waals surface area (Å²) in [4.78, 5) is 8.38. The maximum atomic E-state index is 9.49. The third kappa shape index (κ3) is 1.94. The number of benzene rings is 1. The quantitative estimate of drug-likeness (QED) is 0.578. The van der Waals surface area contributed by atoms with Crippen LogP contribution in [0.3, 0.4) is 0 Å². The number of nitrogen functional groups attached to an aromatic ring is 1. The molecule has 8 heteroatoms. The molecule has 0 spiro atoms. The van der Waals surface area contributed by atoms with Gasteiger partial charge in [0.2, 0.25) is 5.95 Å². The zero-order chi connectivity index (χ0) is 15.1. The molecule has 0 amide bonds. The van der Waals surface area contributed by atoms with Crippen molar-refractivity contribution >= 4 is 17.0 Å². The number of fused-ring (bicyclic) bond motifs is 1. The summed E-state index contributed by atoms with van der Waals surface area (Å²) in [7, 11) is 0. The third-order valence-electron chi connectivity index (χ3n) is 3.19. The van der Waals surface area contributed by atoms with Crippen LogP contribution in [-0.4, -0.2) is 30.1 Å². The largest absolute Gasteiger partial charge is 0.508 e. The minimum atomic E-state index is 0.121. The Hall–Kier alpha value is -3.42. The molecule has 0 aliphatic heterocycles. The van der Waals surface area contributed by atoms with Gasteiger partial charge in [0.25, 0.3) is 0 Å². The van der Waals surface area contributed by atoms with E-state index in [1.54, 1.807) is 36.8 Å². The van der Waals surface area contributed by atoms with E-state index in [9.17, 15) is 5.11 Å². The fourth-order valence-electron chi connectivity index (χ4n) is 2.20. The van der Waals surface area contributed by atoms with Gasteiger partial charge in [0, 0.05) is 17.7 Å². The molecule has 0 unspecified atom stereocenters. The van der Waals surface area contributed by atoms with Crippen LogP contribution in [0.1, 0.15) is 0 Å². The van der Waals surface area contributed by atoms with E-state index in [1.165, 1.54) is 10.7 Å². The highest BCUT2D eigenvalue weighted by atomic mass is 16.3. The average molecular weight is 294 g/mol. The molecule has 3 aromatic heterocycles. The number of anilines is 1. The van der Waals surface area contributed by atoms with Crippen LogP contribution in [0.15, 0.2) is 47.3 Å². The lowest BCUT2D eigenvalue weighted by Crippen LogP contribution is -2.05. The minimum Gasteiger partial charge on any atom is -0.508 e. The third-order valence-corrected chi connectivity index (χ3v) is 3.19. The number of aromatic hydroxyl groups is 1. The number of nitrogens with zero attached hydrogens (tertiary/aromatic N) is 5. The molecular formula is C14H10N6O2. The normalized spacial score (nSPS) is 11.1. The lowest BCUT2D eigenvalue weighted by molar-refractivity contribution is 0.476. The summed E-state index contributed by atoms with van der Waals surface area (Å²) in [6.45, 7) is 0. The summed E-state index contributed by atoms with van der Waals surface area (Å²) in [6, 6.07) is 8.32. The van der Waals surface area contributed by atoms with Crippen LogP contribution in [0.25, 0.3) is 28.1 Å². The van der Waals surface area contributed by atoms with E-state index in [-0.39, 0.29) is 11.7 Å². The van der Waals surface area contributed by atoms with Crippen molar-refractivity contribution in [3.8, 4) is 22.8 Å². The molecule has 22 heavy (non-hydrogen) atoms. The zero-order valence-electron chi connectivity index (χ0n) is 11.2. The van der Waals surface area contributed by atoms with Crippen LogP contribution in [0, 0.1) is 0 Å². The fraction of sp³-hybridized carbons (Fsp3) is 0. The first-order valence-electron chi connectivity index (χ1n) is 6.43. The Morgan fingerprint density at radius 2 is 2.05 bits per heavy atom. The fourth-order valence-corrected chi connectivity index (χ4v) is 2.20. The van der Waals surface area contributed by atoms with Gasteiger partial charge in [-0.25, -0.2) is 4.98 Å². The van der Waals surface area contributed by atoms with Gasteiger partial charge in [-0.05, 0) is 18.2 Å². The Morgan fingerprint density at radius 1 is 1.14 bits per heavy atom. The van der Waals surface area contributed by atoms with Crippen LogP contribution in [0.5, 0.6) is 5.75 Å². The van der Waals surface area contributed by atoms with E-state index >= 15 is 0 Å². The van der Waals surface area contributed by atoms with E-state index in [1.807, 2.05) is 0 Å². The molecule has 8 nitrogen and oxygen atoms in total. The topological polar surface area (TPSA) is 116 Å². The van der Waals surface area contributed by atoms with Crippen LogP contribution in [0.4, 0.5) is 5.95 Å². The molecule has 1 aromatic carbocycles. The molecule has 0 saturated carbocycles. The van der Waals surface area contributed by atoms with E-state index in [4.69, 9.17) is 10.2 Å². The van der Waals surface area contributed by atoms with Crippen molar-refractivity contribution in [3.63, 3.8) is 0 Å². The number of furan rings is 1. The lowest BCUT2D eigenvalue weighted by atomic mass is 10.2. The Balaban J connectivity index is 1.91. The van der Waals surface area contributed by atoms with Crippen molar-refractivity contribution in [3.05, 3.63) is 42.9 Å². The van der Waals surface area contributed by atoms with Gasteiger partial charge in [0.1, 0.15) is 11.3 Å². The monoisotopic (exact) mass is 294 g/mol. The van der Waals surface area contributed by atoms with Gasteiger partial charge in [0.05, 0.1) is 23.7 Å². The van der Waals surface area contributed by atoms with Gasteiger partial charge in [0.15, 0.2) is 5.82 Å². The molecule has 108 valence electrons. The Labute approximate surface area is 123 Å². The van der Waals surface area contributed by atoms with Gasteiger partial charge in [-0.15, -0.1) is 5.10 Å². The van der Waals surface area contributed by atoms with Gasteiger partial charge in [-0.1, -0.05) is 5.21 Å². The van der Waals surface area contributed by atoms with Crippen LogP contribution in [0.2, 0.25) is 0 Å². The SMILES string of the molecule is Nc1nc(-c2ccoc2)cc(-n2nnc3cc(O)ccc32)n1. The second-order valence-corrected chi connectivity index (χ2v) is 4.66. The molecule has 0 radical (unpaired) electrons. The maximum absolute atomic E-state index is 9.49. The number of phenolic OH excluding ortho intramolecular Hbond substituents is 1. The van der Waals surface area contributed by atoms with E-state index < -0.39 is 0 Å². The Bertz CT molecular complexity index is 961. The molecule has 3 N–H and O–H groups in total. The second kappa shape index (κ2) is 4.55. The van der Waals surface area contributed by atoms with Crippen molar-refractivity contribution in [2.75, 3.05) is 5.73 Å². The lowest BCUT2D eigenvalue weighted by Gasteiger charge is -2.05. The molecule has 0 atom stereocenters. The highest BCUT2D eigenvalue weighted by Gasteiger charge is 2.12. The molecule has 0 aliphatic rings.